The fourth-order valence-corrected chi connectivity index (χ4v) is 2.90. The lowest BCUT2D eigenvalue weighted by molar-refractivity contribution is 0.297. The number of fused-ring (bicyclic) bond motifs is 1. The van der Waals surface area contributed by atoms with Gasteiger partial charge in [0.2, 0.25) is 0 Å². The van der Waals surface area contributed by atoms with Crippen molar-refractivity contribution in [2.75, 3.05) is 13.2 Å². The van der Waals surface area contributed by atoms with Gasteiger partial charge in [-0.05, 0) is 24.6 Å². The van der Waals surface area contributed by atoms with E-state index in [0.29, 0.717) is 0 Å². The van der Waals surface area contributed by atoms with Crippen molar-refractivity contribution in [1.29, 1.82) is 0 Å². The fourth-order valence-electron chi connectivity index (χ4n) is 2.13. The highest BCUT2D eigenvalue weighted by molar-refractivity contribution is 7.11. The molecule has 106 valence electrons. The van der Waals surface area contributed by atoms with Crippen LogP contribution in [0.1, 0.15) is 21.9 Å². The lowest BCUT2D eigenvalue weighted by Gasteiger charge is -2.09. The largest absolute Gasteiger partial charge is 0.490 e. The van der Waals surface area contributed by atoms with E-state index in [2.05, 4.69) is 22.4 Å². The zero-order valence-corrected chi connectivity index (χ0v) is 12.3. The summed E-state index contributed by atoms with van der Waals surface area (Å²) in [6.07, 6.45) is 2.87. The zero-order valence-electron chi connectivity index (χ0n) is 11.5. The molecule has 4 nitrogen and oxygen atoms in total. The Balaban J connectivity index is 1.59. The molecule has 20 heavy (non-hydrogen) atoms. The van der Waals surface area contributed by atoms with Gasteiger partial charge in [-0.3, -0.25) is 0 Å². The zero-order chi connectivity index (χ0) is 13.8. The number of rotatable bonds is 4. The van der Waals surface area contributed by atoms with Gasteiger partial charge in [0.15, 0.2) is 11.5 Å². The average molecular weight is 290 g/mol. The van der Waals surface area contributed by atoms with Crippen molar-refractivity contribution in [2.24, 2.45) is 0 Å². The quantitative estimate of drug-likeness (QED) is 0.940. The first-order valence-corrected chi connectivity index (χ1v) is 7.63. The molecule has 0 spiro atoms. The maximum absolute atomic E-state index is 5.70. The van der Waals surface area contributed by atoms with E-state index in [1.165, 1.54) is 10.4 Å². The molecule has 1 aromatic carbocycles. The van der Waals surface area contributed by atoms with E-state index in [9.17, 15) is 0 Å². The second-order valence-corrected chi connectivity index (χ2v) is 6.10. The fraction of sp³-hybridized carbons (Fsp3) is 0.400. The molecule has 2 aromatic rings. The summed E-state index contributed by atoms with van der Waals surface area (Å²) in [6.45, 7) is 5.14. The van der Waals surface area contributed by atoms with Crippen molar-refractivity contribution in [3.8, 4) is 11.5 Å². The Morgan fingerprint density at radius 3 is 2.85 bits per heavy atom. The normalized spacial score (nSPS) is 14.1. The van der Waals surface area contributed by atoms with Gasteiger partial charge in [-0.2, -0.15) is 0 Å². The maximum Gasteiger partial charge on any atom is 0.161 e. The van der Waals surface area contributed by atoms with Crippen LogP contribution in [0.3, 0.4) is 0 Å². The molecule has 0 saturated carbocycles. The molecule has 3 rings (SSSR count). The Labute approximate surface area is 122 Å². The number of hydrogen-bond acceptors (Lipinski definition) is 5. The van der Waals surface area contributed by atoms with Crippen molar-refractivity contribution in [3.05, 3.63) is 39.8 Å². The number of thiazole rings is 1. The maximum atomic E-state index is 5.70. The summed E-state index contributed by atoms with van der Waals surface area (Å²) in [5, 5.41) is 4.54. The van der Waals surface area contributed by atoms with E-state index >= 15 is 0 Å². The minimum Gasteiger partial charge on any atom is -0.490 e. The number of aromatic nitrogens is 1. The lowest BCUT2D eigenvalue weighted by atomic mass is 10.2. The molecular weight excluding hydrogens is 272 g/mol. The minimum absolute atomic E-state index is 0.726. The Morgan fingerprint density at radius 1 is 1.20 bits per heavy atom. The van der Waals surface area contributed by atoms with Crippen molar-refractivity contribution in [2.45, 2.75) is 26.4 Å². The summed E-state index contributed by atoms with van der Waals surface area (Å²) >= 11 is 1.73. The van der Waals surface area contributed by atoms with Gasteiger partial charge in [0.1, 0.15) is 0 Å². The third-order valence-electron chi connectivity index (χ3n) is 3.11. The van der Waals surface area contributed by atoms with E-state index in [0.717, 1.165) is 49.2 Å². The van der Waals surface area contributed by atoms with Gasteiger partial charge in [-0.1, -0.05) is 6.07 Å². The molecule has 0 atom stereocenters. The molecule has 0 saturated heterocycles. The molecule has 0 radical (unpaired) electrons. The molecule has 5 heteroatoms. The molecule has 1 aliphatic heterocycles. The first-order chi connectivity index (χ1) is 9.81. The summed E-state index contributed by atoms with van der Waals surface area (Å²) in [7, 11) is 0. The molecular formula is C15H18N2O2S. The van der Waals surface area contributed by atoms with Crippen molar-refractivity contribution >= 4 is 11.3 Å². The monoisotopic (exact) mass is 290 g/mol. The molecule has 2 heterocycles. The third-order valence-corrected chi connectivity index (χ3v) is 4.02. The van der Waals surface area contributed by atoms with E-state index in [-0.39, 0.29) is 0 Å². The molecule has 0 unspecified atom stereocenters. The van der Waals surface area contributed by atoms with Crippen LogP contribution in [0, 0.1) is 6.92 Å². The topological polar surface area (TPSA) is 43.4 Å². The minimum atomic E-state index is 0.726. The van der Waals surface area contributed by atoms with Crippen molar-refractivity contribution in [1.82, 2.24) is 10.3 Å². The first kappa shape index (κ1) is 13.4. The Morgan fingerprint density at radius 2 is 2.05 bits per heavy atom. The van der Waals surface area contributed by atoms with Crippen LogP contribution in [0.5, 0.6) is 11.5 Å². The number of aryl methyl sites for hydroxylation is 1. The van der Waals surface area contributed by atoms with Crippen LogP contribution in [0.15, 0.2) is 24.4 Å². The Kier molecular flexibility index (Phi) is 4.18. The summed E-state index contributed by atoms with van der Waals surface area (Å²) in [4.78, 5) is 5.51. The first-order valence-electron chi connectivity index (χ1n) is 6.82. The van der Waals surface area contributed by atoms with Gasteiger partial charge in [0.05, 0.1) is 18.2 Å². The number of nitrogens with zero attached hydrogens (tertiary/aromatic N) is 1. The highest BCUT2D eigenvalue weighted by Crippen LogP contribution is 2.30. The van der Waals surface area contributed by atoms with Crippen LogP contribution in [-0.4, -0.2) is 18.2 Å². The summed E-state index contributed by atoms with van der Waals surface area (Å²) in [6, 6.07) is 6.14. The average Bonchev–Trinajstić information content (AvgIpc) is 2.73. The van der Waals surface area contributed by atoms with Gasteiger partial charge in [0.25, 0.3) is 0 Å². The number of hydrogen-bond donors (Lipinski definition) is 1. The number of benzene rings is 1. The van der Waals surface area contributed by atoms with Crippen LogP contribution in [0.25, 0.3) is 0 Å². The predicted octanol–water partition coefficient (Wildman–Crippen LogP) is 2.90. The van der Waals surface area contributed by atoms with Crippen LogP contribution >= 0.6 is 11.3 Å². The third kappa shape index (κ3) is 3.29. The van der Waals surface area contributed by atoms with Gasteiger partial charge in [-0.25, -0.2) is 4.98 Å². The Bertz CT molecular complexity index is 583. The SMILES string of the molecule is Cc1ncc(CNCc2ccc3c(c2)OCCCO3)s1. The molecule has 1 aromatic heterocycles. The molecule has 1 N–H and O–H groups in total. The summed E-state index contributed by atoms with van der Waals surface area (Å²) in [5.41, 5.74) is 1.20. The van der Waals surface area contributed by atoms with Crippen molar-refractivity contribution in [3.63, 3.8) is 0 Å². The van der Waals surface area contributed by atoms with E-state index < -0.39 is 0 Å². The van der Waals surface area contributed by atoms with Crippen LogP contribution in [0.2, 0.25) is 0 Å². The molecule has 0 fully saturated rings. The van der Waals surface area contributed by atoms with Gasteiger partial charge in [-0.15, -0.1) is 11.3 Å². The molecule has 0 aliphatic carbocycles. The van der Waals surface area contributed by atoms with E-state index in [4.69, 9.17) is 9.47 Å². The van der Waals surface area contributed by atoms with Gasteiger partial charge >= 0.3 is 0 Å². The highest BCUT2D eigenvalue weighted by atomic mass is 32.1. The predicted molar refractivity (Wildman–Crippen MR) is 79.4 cm³/mol. The van der Waals surface area contributed by atoms with Crippen LogP contribution < -0.4 is 14.8 Å². The number of nitrogens with one attached hydrogen (secondary N) is 1. The van der Waals surface area contributed by atoms with E-state index in [1.54, 1.807) is 11.3 Å². The van der Waals surface area contributed by atoms with Gasteiger partial charge < -0.3 is 14.8 Å². The second-order valence-electron chi connectivity index (χ2n) is 4.78. The number of ether oxygens (including phenoxy) is 2. The van der Waals surface area contributed by atoms with E-state index in [1.807, 2.05) is 19.2 Å². The van der Waals surface area contributed by atoms with Crippen LogP contribution in [0.4, 0.5) is 0 Å². The highest BCUT2D eigenvalue weighted by Gasteiger charge is 2.10. The van der Waals surface area contributed by atoms with Crippen molar-refractivity contribution < 1.29 is 9.47 Å². The lowest BCUT2D eigenvalue weighted by Crippen LogP contribution is -2.11. The standard InChI is InChI=1S/C15H18N2O2S/c1-11-17-10-13(20-11)9-16-8-12-3-4-14-15(7-12)19-6-2-5-18-14/h3-4,7,10,16H,2,5-6,8-9H2,1H3. The summed E-state index contributed by atoms with van der Waals surface area (Å²) in [5.74, 6) is 1.71. The van der Waals surface area contributed by atoms with Crippen LogP contribution in [-0.2, 0) is 13.1 Å². The second kappa shape index (κ2) is 6.24. The Hall–Kier alpha value is -1.59. The summed E-state index contributed by atoms with van der Waals surface area (Å²) < 4.78 is 11.3. The molecule has 0 bridgehead atoms. The molecule has 0 amide bonds. The molecule has 1 aliphatic rings. The van der Waals surface area contributed by atoms with Gasteiger partial charge in [0, 0.05) is 30.6 Å². The smallest absolute Gasteiger partial charge is 0.161 e.